The zero-order valence-corrected chi connectivity index (χ0v) is 15.8. The van der Waals surface area contributed by atoms with Crippen molar-refractivity contribution in [2.45, 2.75) is 65.5 Å². The fraction of sp³-hybridized carbons (Fsp3) is 0.727. The Kier molecular flexibility index (Phi) is 5.99. The number of hydrogen-bond acceptors (Lipinski definition) is 2. The Balaban J connectivity index is 1.53. The van der Waals surface area contributed by atoms with Crippen molar-refractivity contribution in [2.75, 3.05) is 19.8 Å². The third-order valence-electron chi connectivity index (χ3n) is 6.76. The standard InChI is InChI=1S/C22H35NO/c1-18-12-14-23(16-20-8-5-4-6-9-20)19(2)22(18,3)13-7-15-24-17-21-10-11-21/h4-6,8-9,18-19,21H,7,10-17H2,1-3H3/t18-,19+,22-/m1/s1. The lowest BCUT2D eigenvalue weighted by Crippen LogP contribution is -2.52. The first kappa shape index (κ1) is 17.9. The second kappa shape index (κ2) is 8.01. The largest absolute Gasteiger partial charge is 0.381 e. The number of likely N-dealkylation sites (tertiary alicyclic amines) is 1. The van der Waals surface area contributed by atoms with Crippen LogP contribution in [0.5, 0.6) is 0 Å². The van der Waals surface area contributed by atoms with Gasteiger partial charge in [-0.25, -0.2) is 0 Å². The van der Waals surface area contributed by atoms with Gasteiger partial charge >= 0.3 is 0 Å². The molecular weight excluding hydrogens is 294 g/mol. The molecule has 2 heteroatoms. The molecule has 0 spiro atoms. The Labute approximate surface area is 148 Å². The van der Waals surface area contributed by atoms with E-state index >= 15 is 0 Å². The van der Waals surface area contributed by atoms with Gasteiger partial charge in [0.1, 0.15) is 0 Å². The number of ether oxygens (including phenoxy) is 1. The summed E-state index contributed by atoms with van der Waals surface area (Å²) in [4.78, 5) is 2.69. The van der Waals surface area contributed by atoms with Gasteiger partial charge in [-0.15, -0.1) is 0 Å². The number of benzene rings is 1. The predicted molar refractivity (Wildman–Crippen MR) is 101 cm³/mol. The minimum Gasteiger partial charge on any atom is -0.381 e. The zero-order chi connectivity index (χ0) is 17.0. The van der Waals surface area contributed by atoms with Crippen LogP contribution in [-0.2, 0) is 11.3 Å². The quantitative estimate of drug-likeness (QED) is 0.613. The third-order valence-corrected chi connectivity index (χ3v) is 6.76. The van der Waals surface area contributed by atoms with E-state index in [0.717, 1.165) is 31.6 Å². The van der Waals surface area contributed by atoms with Gasteiger partial charge in [0.15, 0.2) is 0 Å². The van der Waals surface area contributed by atoms with E-state index in [4.69, 9.17) is 4.74 Å². The maximum atomic E-state index is 5.87. The van der Waals surface area contributed by atoms with E-state index < -0.39 is 0 Å². The van der Waals surface area contributed by atoms with E-state index in [1.165, 1.54) is 44.2 Å². The molecule has 0 N–H and O–H groups in total. The lowest BCUT2D eigenvalue weighted by molar-refractivity contribution is -0.0248. The fourth-order valence-corrected chi connectivity index (χ4v) is 4.29. The van der Waals surface area contributed by atoms with Gasteiger partial charge in [-0.2, -0.15) is 0 Å². The van der Waals surface area contributed by atoms with Gasteiger partial charge in [-0.3, -0.25) is 4.90 Å². The molecule has 3 atom stereocenters. The summed E-state index contributed by atoms with van der Waals surface area (Å²) < 4.78 is 5.87. The second-order valence-corrected chi connectivity index (χ2v) is 8.45. The lowest BCUT2D eigenvalue weighted by Gasteiger charge is -2.51. The van der Waals surface area contributed by atoms with Crippen LogP contribution in [0.4, 0.5) is 0 Å². The molecule has 24 heavy (non-hydrogen) atoms. The first-order valence-corrected chi connectivity index (χ1v) is 9.95. The zero-order valence-electron chi connectivity index (χ0n) is 15.8. The SMILES string of the molecule is C[C@@H]1CCN(Cc2ccccc2)[C@@H](C)[C@]1(C)CCCOCC1CC1. The summed E-state index contributed by atoms with van der Waals surface area (Å²) in [5.41, 5.74) is 1.84. The number of hydrogen-bond donors (Lipinski definition) is 0. The Morgan fingerprint density at radius 2 is 1.88 bits per heavy atom. The molecule has 0 unspecified atom stereocenters. The Bertz CT molecular complexity index is 498. The number of piperidine rings is 1. The summed E-state index contributed by atoms with van der Waals surface area (Å²) in [6.07, 6.45) is 6.58. The van der Waals surface area contributed by atoms with Crippen LogP contribution in [0.25, 0.3) is 0 Å². The Morgan fingerprint density at radius 1 is 1.12 bits per heavy atom. The van der Waals surface area contributed by atoms with Gasteiger partial charge in [0, 0.05) is 25.8 Å². The molecule has 1 heterocycles. The van der Waals surface area contributed by atoms with Gasteiger partial charge in [0.25, 0.3) is 0 Å². The van der Waals surface area contributed by atoms with Crippen molar-refractivity contribution in [1.29, 1.82) is 0 Å². The number of nitrogens with zero attached hydrogens (tertiary/aromatic N) is 1. The van der Waals surface area contributed by atoms with Crippen LogP contribution in [0.1, 0.15) is 58.4 Å². The van der Waals surface area contributed by atoms with E-state index in [2.05, 4.69) is 56.0 Å². The second-order valence-electron chi connectivity index (χ2n) is 8.45. The normalized spacial score (nSPS) is 31.3. The molecule has 0 aromatic heterocycles. The summed E-state index contributed by atoms with van der Waals surface area (Å²) in [5.74, 6) is 1.68. The molecule has 2 aliphatic rings. The molecule has 1 aromatic carbocycles. The highest BCUT2D eigenvalue weighted by Crippen LogP contribution is 2.44. The van der Waals surface area contributed by atoms with Gasteiger partial charge in [0.05, 0.1) is 0 Å². The molecule has 134 valence electrons. The van der Waals surface area contributed by atoms with Crippen LogP contribution >= 0.6 is 0 Å². The summed E-state index contributed by atoms with van der Waals surface area (Å²) >= 11 is 0. The fourth-order valence-electron chi connectivity index (χ4n) is 4.29. The van der Waals surface area contributed by atoms with Crippen molar-refractivity contribution >= 4 is 0 Å². The molecular formula is C22H35NO. The average molecular weight is 330 g/mol. The lowest BCUT2D eigenvalue weighted by atomic mass is 9.65. The molecule has 2 nitrogen and oxygen atoms in total. The van der Waals surface area contributed by atoms with Crippen molar-refractivity contribution in [3.05, 3.63) is 35.9 Å². The Hall–Kier alpha value is -0.860. The first-order valence-electron chi connectivity index (χ1n) is 9.95. The van der Waals surface area contributed by atoms with Crippen LogP contribution in [0.3, 0.4) is 0 Å². The van der Waals surface area contributed by atoms with Crippen LogP contribution < -0.4 is 0 Å². The van der Waals surface area contributed by atoms with Gasteiger partial charge in [0.2, 0.25) is 0 Å². The first-order chi connectivity index (χ1) is 11.6. The molecule has 1 aliphatic carbocycles. The highest BCUT2D eigenvalue weighted by molar-refractivity contribution is 5.15. The van der Waals surface area contributed by atoms with Crippen molar-refractivity contribution in [3.63, 3.8) is 0 Å². The van der Waals surface area contributed by atoms with Crippen molar-refractivity contribution in [2.24, 2.45) is 17.3 Å². The molecule has 3 rings (SSSR count). The summed E-state index contributed by atoms with van der Waals surface area (Å²) in [5, 5.41) is 0. The molecule has 0 amide bonds. The average Bonchev–Trinajstić information content (AvgIpc) is 3.41. The van der Waals surface area contributed by atoms with Crippen molar-refractivity contribution in [3.8, 4) is 0 Å². The van der Waals surface area contributed by atoms with E-state index in [1.54, 1.807) is 0 Å². The van der Waals surface area contributed by atoms with Gasteiger partial charge < -0.3 is 4.74 Å². The van der Waals surface area contributed by atoms with E-state index in [9.17, 15) is 0 Å². The molecule has 0 radical (unpaired) electrons. The third kappa shape index (κ3) is 4.40. The molecule has 0 bridgehead atoms. The maximum Gasteiger partial charge on any atom is 0.0494 e. The summed E-state index contributed by atoms with van der Waals surface area (Å²) in [7, 11) is 0. The van der Waals surface area contributed by atoms with Crippen LogP contribution in [0, 0.1) is 17.3 Å². The van der Waals surface area contributed by atoms with E-state index in [-0.39, 0.29) is 0 Å². The van der Waals surface area contributed by atoms with E-state index in [0.29, 0.717) is 11.5 Å². The topological polar surface area (TPSA) is 12.5 Å². The maximum absolute atomic E-state index is 5.87. The summed E-state index contributed by atoms with van der Waals surface area (Å²) in [6, 6.07) is 11.6. The minimum atomic E-state index is 0.399. The predicted octanol–water partition coefficient (Wildman–Crippen LogP) is 5.13. The van der Waals surface area contributed by atoms with E-state index in [1.807, 2.05) is 0 Å². The van der Waals surface area contributed by atoms with Crippen molar-refractivity contribution < 1.29 is 4.74 Å². The molecule has 1 aromatic rings. The monoisotopic (exact) mass is 329 g/mol. The van der Waals surface area contributed by atoms with Crippen LogP contribution in [0.15, 0.2) is 30.3 Å². The smallest absolute Gasteiger partial charge is 0.0494 e. The Morgan fingerprint density at radius 3 is 2.58 bits per heavy atom. The minimum absolute atomic E-state index is 0.399. The summed E-state index contributed by atoms with van der Waals surface area (Å²) in [6.45, 7) is 11.7. The molecule has 1 saturated carbocycles. The highest BCUT2D eigenvalue weighted by Gasteiger charge is 2.42. The van der Waals surface area contributed by atoms with Gasteiger partial charge in [-0.1, -0.05) is 44.2 Å². The number of rotatable bonds is 8. The molecule has 2 fully saturated rings. The van der Waals surface area contributed by atoms with Crippen molar-refractivity contribution in [1.82, 2.24) is 4.90 Å². The van der Waals surface area contributed by atoms with Gasteiger partial charge in [-0.05, 0) is 68.4 Å². The highest BCUT2D eigenvalue weighted by atomic mass is 16.5. The van der Waals surface area contributed by atoms with Crippen LogP contribution in [0.2, 0.25) is 0 Å². The molecule has 1 aliphatic heterocycles. The molecule has 1 saturated heterocycles. The van der Waals surface area contributed by atoms with Crippen LogP contribution in [-0.4, -0.2) is 30.7 Å².